The van der Waals surface area contributed by atoms with Crippen molar-refractivity contribution in [1.29, 1.82) is 0 Å². The van der Waals surface area contributed by atoms with Crippen LogP contribution in [0.1, 0.15) is 25.3 Å². The summed E-state index contributed by atoms with van der Waals surface area (Å²) in [7, 11) is 0. The van der Waals surface area contributed by atoms with Gasteiger partial charge in [0.25, 0.3) is 0 Å². The van der Waals surface area contributed by atoms with Gasteiger partial charge in [-0.05, 0) is 25.3 Å². The average molecular weight is 244 g/mol. The summed E-state index contributed by atoms with van der Waals surface area (Å²) < 4.78 is 0. The number of nitrogens with two attached hydrogens (primary N) is 1. The van der Waals surface area contributed by atoms with Crippen molar-refractivity contribution >= 4 is 5.91 Å². The van der Waals surface area contributed by atoms with E-state index in [0.29, 0.717) is 19.4 Å². The summed E-state index contributed by atoms with van der Waals surface area (Å²) in [6, 6.07) is 9.60. The minimum Gasteiger partial charge on any atom is -0.354 e. The van der Waals surface area contributed by atoms with Gasteiger partial charge in [-0.1, -0.05) is 30.3 Å². The molecular weight excluding hydrogens is 224 g/mol. The first-order valence-corrected chi connectivity index (χ1v) is 6.21. The molecule has 96 valence electrons. The Morgan fingerprint density at radius 3 is 2.78 bits per heavy atom. The van der Waals surface area contributed by atoms with Gasteiger partial charge < -0.3 is 11.1 Å². The highest BCUT2D eigenvalue weighted by atomic mass is 16.2. The molecule has 1 aromatic carbocycles. The highest BCUT2D eigenvalue weighted by Crippen LogP contribution is 2.03. The zero-order chi connectivity index (χ0) is 13.2. The van der Waals surface area contributed by atoms with E-state index in [4.69, 9.17) is 5.73 Å². The summed E-state index contributed by atoms with van der Waals surface area (Å²) in [6.07, 6.45) is 2.16. The standard InChI is InChI=1S/C15H20N2O/c1-2-3-7-12-17-15(18)14(16)11-10-13-8-5-4-6-9-13/h4-6,8-9,14H,7,10-12,16H2,1H3,(H,17,18). The Morgan fingerprint density at radius 2 is 2.11 bits per heavy atom. The van der Waals surface area contributed by atoms with E-state index >= 15 is 0 Å². The van der Waals surface area contributed by atoms with Gasteiger partial charge in [-0.25, -0.2) is 0 Å². The molecule has 0 aliphatic heterocycles. The lowest BCUT2D eigenvalue weighted by Gasteiger charge is -2.11. The maximum Gasteiger partial charge on any atom is 0.236 e. The summed E-state index contributed by atoms with van der Waals surface area (Å²) >= 11 is 0. The van der Waals surface area contributed by atoms with Crippen LogP contribution in [0.25, 0.3) is 0 Å². The van der Waals surface area contributed by atoms with Crippen LogP contribution in [0.5, 0.6) is 0 Å². The van der Waals surface area contributed by atoms with Crippen molar-refractivity contribution in [3.63, 3.8) is 0 Å². The number of nitrogens with one attached hydrogen (secondary N) is 1. The lowest BCUT2D eigenvalue weighted by molar-refractivity contribution is -0.122. The minimum absolute atomic E-state index is 0.0937. The van der Waals surface area contributed by atoms with E-state index in [9.17, 15) is 4.79 Å². The van der Waals surface area contributed by atoms with Crippen LogP contribution in [0.4, 0.5) is 0 Å². The first-order valence-electron chi connectivity index (χ1n) is 6.21. The minimum atomic E-state index is -0.445. The SMILES string of the molecule is CC#CCCNC(=O)C(N)CCc1ccccc1. The Bertz CT molecular complexity index is 417. The number of benzene rings is 1. The zero-order valence-corrected chi connectivity index (χ0v) is 10.8. The lowest BCUT2D eigenvalue weighted by Crippen LogP contribution is -2.41. The average Bonchev–Trinajstić information content (AvgIpc) is 2.42. The van der Waals surface area contributed by atoms with Crippen LogP contribution < -0.4 is 11.1 Å². The van der Waals surface area contributed by atoms with Crippen molar-refractivity contribution in [2.45, 2.75) is 32.2 Å². The van der Waals surface area contributed by atoms with E-state index in [0.717, 1.165) is 6.42 Å². The highest BCUT2D eigenvalue weighted by molar-refractivity contribution is 5.81. The normalized spacial score (nSPS) is 11.2. The molecular formula is C15H20N2O. The molecule has 3 N–H and O–H groups in total. The molecule has 3 nitrogen and oxygen atoms in total. The monoisotopic (exact) mass is 244 g/mol. The van der Waals surface area contributed by atoms with Gasteiger partial charge in [0.2, 0.25) is 5.91 Å². The second kappa shape index (κ2) is 8.32. The van der Waals surface area contributed by atoms with Gasteiger partial charge >= 0.3 is 0 Å². The van der Waals surface area contributed by atoms with Crippen LogP contribution in [-0.4, -0.2) is 18.5 Å². The van der Waals surface area contributed by atoms with Crippen LogP contribution in [-0.2, 0) is 11.2 Å². The van der Waals surface area contributed by atoms with Gasteiger partial charge in [0.15, 0.2) is 0 Å². The molecule has 0 aliphatic rings. The number of rotatable bonds is 6. The third kappa shape index (κ3) is 5.51. The smallest absolute Gasteiger partial charge is 0.236 e. The fourth-order valence-electron chi connectivity index (χ4n) is 1.60. The third-order valence-electron chi connectivity index (χ3n) is 2.65. The number of aryl methyl sites for hydroxylation is 1. The third-order valence-corrected chi connectivity index (χ3v) is 2.65. The summed E-state index contributed by atoms with van der Waals surface area (Å²) in [6.45, 7) is 2.35. The molecule has 1 rings (SSSR count). The zero-order valence-electron chi connectivity index (χ0n) is 10.8. The van der Waals surface area contributed by atoms with Gasteiger partial charge in [0.1, 0.15) is 0 Å². The Balaban J connectivity index is 2.24. The van der Waals surface area contributed by atoms with E-state index in [1.54, 1.807) is 6.92 Å². The molecule has 0 radical (unpaired) electrons. The molecule has 1 aromatic rings. The van der Waals surface area contributed by atoms with Crippen molar-refractivity contribution in [3.8, 4) is 11.8 Å². The molecule has 0 aromatic heterocycles. The molecule has 0 saturated heterocycles. The molecule has 1 atom stereocenters. The maximum atomic E-state index is 11.6. The molecule has 0 spiro atoms. The maximum absolute atomic E-state index is 11.6. The lowest BCUT2D eigenvalue weighted by atomic mass is 10.1. The van der Waals surface area contributed by atoms with Crippen LogP contribution in [0.3, 0.4) is 0 Å². The first-order chi connectivity index (χ1) is 8.74. The summed E-state index contributed by atoms with van der Waals surface area (Å²) in [4.78, 5) is 11.6. The van der Waals surface area contributed by atoms with E-state index in [1.165, 1.54) is 5.56 Å². The van der Waals surface area contributed by atoms with Gasteiger partial charge in [-0.3, -0.25) is 4.79 Å². The first kappa shape index (κ1) is 14.3. The highest BCUT2D eigenvalue weighted by Gasteiger charge is 2.12. The van der Waals surface area contributed by atoms with Crippen LogP contribution in [0.15, 0.2) is 30.3 Å². The van der Waals surface area contributed by atoms with Crippen LogP contribution >= 0.6 is 0 Å². The van der Waals surface area contributed by atoms with Gasteiger partial charge in [-0.2, -0.15) is 0 Å². The Kier molecular flexibility index (Phi) is 6.60. The topological polar surface area (TPSA) is 55.1 Å². The largest absolute Gasteiger partial charge is 0.354 e. The van der Waals surface area contributed by atoms with Crippen molar-refractivity contribution in [1.82, 2.24) is 5.32 Å². The predicted octanol–water partition coefficient (Wildman–Crippen LogP) is 1.48. The van der Waals surface area contributed by atoms with Crippen molar-refractivity contribution in [2.24, 2.45) is 5.73 Å². The summed E-state index contributed by atoms with van der Waals surface area (Å²) in [5.74, 6) is 5.59. The quantitative estimate of drug-likeness (QED) is 0.588. The van der Waals surface area contributed by atoms with Gasteiger partial charge in [0.05, 0.1) is 6.04 Å². The second-order valence-corrected chi connectivity index (χ2v) is 4.10. The Labute approximate surface area is 109 Å². The number of carbonyl (C=O) groups is 1. The van der Waals surface area contributed by atoms with E-state index in [-0.39, 0.29) is 5.91 Å². The molecule has 1 unspecified atom stereocenters. The molecule has 1 amide bonds. The van der Waals surface area contributed by atoms with Crippen LogP contribution in [0.2, 0.25) is 0 Å². The summed E-state index contributed by atoms with van der Waals surface area (Å²) in [5, 5.41) is 2.79. The van der Waals surface area contributed by atoms with E-state index in [1.807, 2.05) is 30.3 Å². The summed E-state index contributed by atoms with van der Waals surface area (Å²) in [5.41, 5.74) is 7.04. The van der Waals surface area contributed by atoms with Gasteiger partial charge in [-0.15, -0.1) is 11.8 Å². The second-order valence-electron chi connectivity index (χ2n) is 4.10. The van der Waals surface area contributed by atoms with Gasteiger partial charge in [0, 0.05) is 13.0 Å². The number of amides is 1. The molecule has 0 aliphatic carbocycles. The molecule has 0 fully saturated rings. The van der Waals surface area contributed by atoms with Crippen LogP contribution in [0, 0.1) is 11.8 Å². The van der Waals surface area contributed by atoms with E-state index in [2.05, 4.69) is 17.2 Å². The van der Waals surface area contributed by atoms with Crippen molar-refractivity contribution < 1.29 is 4.79 Å². The van der Waals surface area contributed by atoms with E-state index < -0.39 is 6.04 Å². The van der Waals surface area contributed by atoms with Crippen molar-refractivity contribution in [2.75, 3.05) is 6.54 Å². The molecule has 0 saturated carbocycles. The fourth-order valence-corrected chi connectivity index (χ4v) is 1.60. The predicted molar refractivity (Wildman–Crippen MR) is 73.8 cm³/mol. The number of hydrogen-bond donors (Lipinski definition) is 2. The molecule has 18 heavy (non-hydrogen) atoms. The molecule has 3 heteroatoms. The molecule has 0 heterocycles. The van der Waals surface area contributed by atoms with Crippen molar-refractivity contribution in [3.05, 3.63) is 35.9 Å². The number of carbonyl (C=O) groups excluding carboxylic acids is 1. The number of hydrogen-bond acceptors (Lipinski definition) is 2. The fraction of sp³-hybridized carbons (Fsp3) is 0.400. The Morgan fingerprint density at radius 1 is 1.39 bits per heavy atom. The Hall–Kier alpha value is -1.79. The molecule has 0 bridgehead atoms.